The molecule has 0 aliphatic carbocycles. The molecule has 0 bridgehead atoms. The van der Waals surface area contributed by atoms with Crippen molar-refractivity contribution in [3.05, 3.63) is 45.7 Å². The first-order chi connectivity index (χ1) is 31.4. The van der Waals surface area contributed by atoms with E-state index in [-0.39, 0.29) is 89.7 Å². The summed E-state index contributed by atoms with van der Waals surface area (Å²) in [6.07, 6.45) is 6.35. The molecule has 1 saturated heterocycles. The zero-order chi connectivity index (χ0) is 48.7. The van der Waals surface area contributed by atoms with Gasteiger partial charge < -0.3 is 25.4 Å². The number of nitrogens with zero attached hydrogens (tertiary/aromatic N) is 4. The van der Waals surface area contributed by atoms with Crippen molar-refractivity contribution >= 4 is 81.7 Å². The number of aliphatic carboxylic acids is 1. The molecular formula is C47H68N6O10S3. The highest BCUT2D eigenvalue weighted by molar-refractivity contribution is 8.01. The molecule has 19 heteroatoms. The largest absolute Gasteiger partial charge is 0.480 e. The van der Waals surface area contributed by atoms with Gasteiger partial charge in [-0.2, -0.15) is 0 Å². The molecule has 66 heavy (non-hydrogen) atoms. The Morgan fingerprint density at radius 3 is 2.27 bits per heavy atom. The average Bonchev–Trinajstić information content (AvgIpc) is 4.06. The van der Waals surface area contributed by atoms with E-state index < -0.39 is 53.9 Å². The third-order valence-electron chi connectivity index (χ3n) is 12.7. The van der Waals surface area contributed by atoms with Gasteiger partial charge in [0, 0.05) is 68.1 Å². The molecule has 0 saturated carbocycles. The number of aromatic nitrogens is 1. The molecule has 3 N–H and O–H groups in total. The highest BCUT2D eigenvalue weighted by Gasteiger charge is 2.39. The third kappa shape index (κ3) is 15.3. The van der Waals surface area contributed by atoms with E-state index in [0.29, 0.717) is 25.7 Å². The Morgan fingerprint density at radius 1 is 0.985 bits per heavy atom. The van der Waals surface area contributed by atoms with Crippen LogP contribution in [0.3, 0.4) is 0 Å². The molecular weight excluding hydrogens is 905 g/mol. The van der Waals surface area contributed by atoms with Crippen LogP contribution in [0.2, 0.25) is 0 Å². The van der Waals surface area contributed by atoms with Crippen LogP contribution in [0.4, 0.5) is 0 Å². The number of rotatable bonds is 27. The van der Waals surface area contributed by atoms with E-state index in [9.17, 15) is 38.7 Å². The number of Topliss-reactive ketones (excluding diaryl/α,β-unsaturated/α-hetero) is 1. The number of amides is 5. The molecule has 2 unspecified atom stereocenters. The van der Waals surface area contributed by atoms with Crippen LogP contribution in [-0.2, 0) is 38.3 Å². The van der Waals surface area contributed by atoms with E-state index in [1.807, 2.05) is 59.2 Å². The van der Waals surface area contributed by atoms with E-state index in [4.69, 9.17) is 4.74 Å². The van der Waals surface area contributed by atoms with Crippen LogP contribution < -0.4 is 10.6 Å². The number of imide groups is 1. The maximum atomic E-state index is 15.1. The van der Waals surface area contributed by atoms with Crippen molar-refractivity contribution < 1.29 is 48.2 Å². The Bertz CT molecular complexity index is 2010. The lowest BCUT2D eigenvalue weighted by Crippen LogP contribution is -2.54. The van der Waals surface area contributed by atoms with Crippen molar-refractivity contribution in [2.45, 2.75) is 141 Å². The minimum Gasteiger partial charge on any atom is -0.480 e. The second-order valence-corrected chi connectivity index (χ2v) is 20.9. The Hall–Kier alpha value is -4.46. The predicted molar refractivity (Wildman–Crippen MR) is 255 cm³/mol. The summed E-state index contributed by atoms with van der Waals surface area (Å²) in [7, 11) is 1.95. The summed E-state index contributed by atoms with van der Waals surface area (Å²) in [5.41, 5.74) is -0.0414. The molecule has 0 radical (unpaired) electrons. The molecule has 4 heterocycles. The molecule has 0 aromatic carbocycles. The number of ether oxygens (including phenoxy) is 1. The maximum Gasteiger partial charge on any atom is 0.326 e. The van der Waals surface area contributed by atoms with Crippen molar-refractivity contribution in [2.75, 3.05) is 32.4 Å². The number of thioether (sulfide) groups is 1. The molecule has 16 nitrogen and oxygen atoms in total. The number of unbranched alkanes of at least 4 members (excludes halogenated alkanes) is 1. The van der Waals surface area contributed by atoms with Gasteiger partial charge in [0.1, 0.15) is 22.8 Å². The number of carbonyl (C=O) groups excluding carboxylic acids is 7. The van der Waals surface area contributed by atoms with Gasteiger partial charge in [0.15, 0.2) is 11.9 Å². The molecule has 4 rings (SSSR count). The first-order valence-corrected chi connectivity index (χ1v) is 25.8. The fraction of sp³-hybridized carbons (Fsp3) is 0.638. The first-order valence-electron chi connectivity index (χ1n) is 23.1. The summed E-state index contributed by atoms with van der Waals surface area (Å²) >= 11 is 3.89. The zero-order valence-corrected chi connectivity index (χ0v) is 41.9. The Balaban J connectivity index is 1.63. The highest BCUT2D eigenvalue weighted by atomic mass is 32.2. The van der Waals surface area contributed by atoms with E-state index in [2.05, 4.69) is 20.5 Å². The Labute approximate surface area is 401 Å². The minimum absolute atomic E-state index is 0.0314. The van der Waals surface area contributed by atoms with Gasteiger partial charge in [-0.3, -0.25) is 43.4 Å². The number of carboxylic acids is 1. The summed E-state index contributed by atoms with van der Waals surface area (Å²) in [6.45, 7) is 13.9. The number of likely N-dealkylation sites (N-methyl/N-ethyl adjacent to an activating group) is 1. The number of hydrogen-bond donors (Lipinski definition) is 3. The SMILES string of the molecule is CCC(C)C(NC(=O)[C@H](CSc1cccs1)NC(=O)c1csc([C@@H](C[C@H](C(C)C)N(CCCCN2C(=O)C=CC2=O)C(=O)[C@@H](CC(=O)[C@H]2CCCCN2C)[C@@H](C)CC)OC(C)=O)n1)C(=O)O. The normalized spacial score (nSPS) is 18.6. The number of esters is 1. The predicted octanol–water partition coefficient (Wildman–Crippen LogP) is 6.37. The molecule has 2 aliphatic rings. The molecule has 1 fully saturated rings. The first kappa shape index (κ1) is 54.1. The number of thiophene rings is 1. The summed E-state index contributed by atoms with van der Waals surface area (Å²) in [5.74, 6) is -5.30. The minimum atomic E-state index is -1.18. The lowest BCUT2D eigenvalue weighted by Gasteiger charge is -2.40. The van der Waals surface area contributed by atoms with Gasteiger partial charge in [0.2, 0.25) is 11.8 Å². The molecule has 5 amide bonds. The van der Waals surface area contributed by atoms with Crippen LogP contribution in [-0.4, -0.2) is 129 Å². The third-order valence-corrected chi connectivity index (χ3v) is 15.8. The summed E-state index contributed by atoms with van der Waals surface area (Å²) in [4.78, 5) is 116. The van der Waals surface area contributed by atoms with Crippen molar-refractivity contribution in [1.82, 2.24) is 30.3 Å². The van der Waals surface area contributed by atoms with Gasteiger partial charge >= 0.3 is 11.9 Å². The molecule has 364 valence electrons. The zero-order valence-electron chi connectivity index (χ0n) is 39.5. The van der Waals surface area contributed by atoms with E-state index in [0.717, 1.165) is 46.3 Å². The summed E-state index contributed by atoms with van der Waals surface area (Å²) in [6, 6.07) is 0.632. The van der Waals surface area contributed by atoms with Crippen LogP contribution in [0.1, 0.15) is 128 Å². The van der Waals surface area contributed by atoms with Crippen molar-refractivity contribution in [1.29, 1.82) is 0 Å². The number of carboxylic acid groups (broad SMARTS) is 1. The number of ketones is 1. The highest BCUT2D eigenvalue weighted by Crippen LogP contribution is 2.34. The Kier molecular flexibility index (Phi) is 21.5. The van der Waals surface area contributed by atoms with Crippen LogP contribution >= 0.6 is 34.4 Å². The van der Waals surface area contributed by atoms with Crippen LogP contribution in [0.5, 0.6) is 0 Å². The monoisotopic (exact) mass is 972 g/mol. The quantitative estimate of drug-likeness (QED) is 0.0385. The van der Waals surface area contributed by atoms with Crippen molar-refractivity contribution in [2.24, 2.45) is 23.7 Å². The number of nitrogens with one attached hydrogen (secondary N) is 2. The fourth-order valence-electron chi connectivity index (χ4n) is 8.29. The topological polar surface area (TPSA) is 213 Å². The number of hydrogen-bond acceptors (Lipinski definition) is 14. The average molecular weight is 973 g/mol. The molecule has 8 atom stereocenters. The van der Waals surface area contributed by atoms with Gasteiger partial charge in [0.25, 0.3) is 17.7 Å². The van der Waals surface area contributed by atoms with Crippen LogP contribution in [0.25, 0.3) is 0 Å². The second kappa shape index (κ2) is 26.2. The van der Waals surface area contributed by atoms with E-state index in [1.54, 1.807) is 11.8 Å². The van der Waals surface area contributed by atoms with Crippen LogP contribution in [0.15, 0.2) is 39.3 Å². The summed E-state index contributed by atoms with van der Waals surface area (Å²) in [5, 5.41) is 18.9. The number of thiazole rings is 1. The standard InChI is InChI=1S/C47H68N6O10S3/c1-9-29(5)32(24-37(55)35-16-11-12-20-51(35)8)46(60)52(21-13-14-22-53-39(56)18-19-40(53)57)36(28(3)4)25-38(63-31(7)54)45-49-34(27-66-45)43(58)48-33(26-65-41-17-15-23-64-41)44(59)50-42(47(61)62)30(6)10-2/h15,17-19,23,27-30,32-33,35-36,38,42H,9-14,16,20-22,24-26H2,1-8H3,(H,48,58)(H,50,59)(H,61,62)/t29-,30?,32-,33-,35+,36+,38+,42?/m0/s1. The van der Waals surface area contributed by atoms with Gasteiger partial charge in [-0.05, 0) is 68.5 Å². The van der Waals surface area contributed by atoms with Gasteiger partial charge in [-0.25, -0.2) is 9.78 Å². The molecule has 2 aromatic rings. The number of likely N-dealkylation sites (tertiary alicyclic amines) is 1. The fourth-order valence-corrected chi connectivity index (χ4v) is 11.0. The molecule has 2 aromatic heterocycles. The van der Waals surface area contributed by atoms with Gasteiger partial charge in [0.05, 0.1) is 10.3 Å². The van der Waals surface area contributed by atoms with E-state index >= 15 is 4.79 Å². The van der Waals surface area contributed by atoms with Crippen molar-refractivity contribution in [3.63, 3.8) is 0 Å². The maximum absolute atomic E-state index is 15.1. The van der Waals surface area contributed by atoms with E-state index in [1.165, 1.54) is 47.6 Å². The summed E-state index contributed by atoms with van der Waals surface area (Å²) < 4.78 is 6.81. The van der Waals surface area contributed by atoms with Crippen molar-refractivity contribution in [3.8, 4) is 0 Å². The lowest BCUT2D eigenvalue weighted by molar-refractivity contribution is -0.150. The number of piperidine rings is 1. The number of carbonyl (C=O) groups is 8. The molecule has 2 aliphatic heterocycles. The molecule has 0 spiro atoms. The van der Waals surface area contributed by atoms with Crippen LogP contribution in [0, 0.1) is 23.7 Å². The smallest absolute Gasteiger partial charge is 0.326 e. The van der Waals surface area contributed by atoms with Gasteiger partial charge in [-0.1, -0.05) is 66.9 Å². The lowest BCUT2D eigenvalue weighted by atomic mass is 9.82. The second-order valence-electron chi connectivity index (χ2n) is 17.8. The Morgan fingerprint density at radius 2 is 1.68 bits per heavy atom. The van der Waals surface area contributed by atoms with Gasteiger partial charge in [-0.15, -0.1) is 34.4 Å².